The number of hydrogen-bond donors (Lipinski definition) is 1. The average molecular weight is 228 g/mol. The lowest BCUT2D eigenvalue weighted by Gasteiger charge is -2.04. The van der Waals surface area contributed by atoms with Gasteiger partial charge in [-0.15, -0.1) is 11.3 Å². The van der Waals surface area contributed by atoms with Gasteiger partial charge in [-0.05, 0) is 6.42 Å². The molecule has 1 heterocycles. The molecule has 0 amide bonds. The predicted octanol–water partition coefficient (Wildman–Crippen LogP) is 2.42. The molecule has 84 valence electrons. The Kier molecular flexibility index (Phi) is 4.08. The van der Waals surface area contributed by atoms with Gasteiger partial charge < -0.3 is 10.5 Å². The van der Waals surface area contributed by atoms with Crippen molar-refractivity contribution in [2.24, 2.45) is 0 Å². The molecule has 0 aliphatic carbocycles. The monoisotopic (exact) mass is 228 g/mol. The molecular weight excluding hydrogens is 212 g/mol. The molecule has 1 unspecified atom stereocenters. The minimum atomic E-state index is -0.460. The largest absolute Gasteiger partial charge is 0.464 e. The Morgan fingerprint density at radius 3 is 2.87 bits per heavy atom. The number of esters is 1. The van der Waals surface area contributed by atoms with Crippen LogP contribution in [-0.2, 0) is 4.74 Å². The van der Waals surface area contributed by atoms with Crippen LogP contribution < -0.4 is 5.73 Å². The highest BCUT2D eigenvalue weighted by molar-refractivity contribution is 7.16. The van der Waals surface area contributed by atoms with Crippen LogP contribution in [0, 0.1) is 0 Å². The van der Waals surface area contributed by atoms with Gasteiger partial charge in [0.25, 0.3) is 0 Å². The molecule has 0 fully saturated rings. The van der Waals surface area contributed by atoms with E-state index in [1.165, 1.54) is 18.4 Å². The van der Waals surface area contributed by atoms with Gasteiger partial charge in [0.05, 0.1) is 12.1 Å². The number of rotatable bonds is 4. The lowest BCUT2D eigenvalue weighted by atomic mass is 10.1. The first-order valence-corrected chi connectivity index (χ1v) is 5.76. The fourth-order valence-electron chi connectivity index (χ4n) is 1.36. The number of thiazole rings is 1. The van der Waals surface area contributed by atoms with Crippen LogP contribution in [0.2, 0.25) is 0 Å². The summed E-state index contributed by atoms with van der Waals surface area (Å²) in [6.45, 7) is 4.21. The third-order valence-electron chi connectivity index (χ3n) is 2.19. The SMILES string of the molecule is CCCC(C)c1nc(C(=O)OC)c(N)s1. The number of anilines is 1. The molecule has 1 aromatic rings. The molecule has 0 bridgehead atoms. The molecule has 4 nitrogen and oxygen atoms in total. The second-order valence-electron chi connectivity index (χ2n) is 3.45. The predicted molar refractivity (Wildman–Crippen MR) is 61.2 cm³/mol. The average Bonchev–Trinajstić information content (AvgIpc) is 2.60. The molecule has 0 aromatic carbocycles. The molecule has 1 aromatic heterocycles. The molecule has 1 atom stereocenters. The summed E-state index contributed by atoms with van der Waals surface area (Å²) in [5.74, 6) is -0.112. The van der Waals surface area contributed by atoms with Crippen molar-refractivity contribution < 1.29 is 9.53 Å². The molecule has 0 saturated heterocycles. The van der Waals surface area contributed by atoms with Crippen molar-refractivity contribution in [3.05, 3.63) is 10.7 Å². The minimum absolute atomic E-state index is 0.250. The maximum absolute atomic E-state index is 11.3. The van der Waals surface area contributed by atoms with Crippen LogP contribution in [0.1, 0.15) is 48.1 Å². The van der Waals surface area contributed by atoms with Gasteiger partial charge in [0.1, 0.15) is 5.00 Å². The number of ether oxygens (including phenoxy) is 1. The van der Waals surface area contributed by atoms with Gasteiger partial charge in [-0.3, -0.25) is 0 Å². The maximum atomic E-state index is 11.3. The van der Waals surface area contributed by atoms with Gasteiger partial charge in [-0.25, -0.2) is 9.78 Å². The highest BCUT2D eigenvalue weighted by Crippen LogP contribution is 2.29. The van der Waals surface area contributed by atoms with Crippen LogP contribution in [0.25, 0.3) is 0 Å². The molecule has 0 spiro atoms. The highest BCUT2D eigenvalue weighted by atomic mass is 32.1. The lowest BCUT2D eigenvalue weighted by molar-refractivity contribution is 0.0596. The van der Waals surface area contributed by atoms with E-state index in [1.54, 1.807) is 0 Å². The van der Waals surface area contributed by atoms with Crippen LogP contribution >= 0.6 is 11.3 Å². The van der Waals surface area contributed by atoms with Gasteiger partial charge in [0.15, 0.2) is 5.69 Å². The number of hydrogen-bond acceptors (Lipinski definition) is 5. The summed E-state index contributed by atoms with van der Waals surface area (Å²) in [5, 5.41) is 1.36. The van der Waals surface area contributed by atoms with Gasteiger partial charge in [-0.2, -0.15) is 0 Å². The van der Waals surface area contributed by atoms with Crippen LogP contribution in [0.5, 0.6) is 0 Å². The minimum Gasteiger partial charge on any atom is -0.464 e. The molecule has 2 N–H and O–H groups in total. The van der Waals surface area contributed by atoms with Crippen molar-refractivity contribution in [2.75, 3.05) is 12.8 Å². The van der Waals surface area contributed by atoms with Crippen molar-refractivity contribution in [1.29, 1.82) is 0 Å². The van der Waals surface area contributed by atoms with Crippen molar-refractivity contribution in [2.45, 2.75) is 32.6 Å². The van der Waals surface area contributed by atoms with E-state index < -0.39 is 5.97 Å². The number of nitrogens with zero attached hydrogens (tertiary/aromatic N) is 1. The molecule has 0 aliphatic rings. The van der Waals surface area contributed by atoms with Crippen molar-refractivity contribution >= 4 is 22.3 Å². The molecule has 0 radical (unpaired) electrons. The molecule has 0 aliphatic heterocycles. The van der Waals surface area contributed by atoms with E-state index >= 15 is 0 Å². The Labute approximate surface area is 93.5 Å². The first-order valence-electron chi connectivity index (χ1n) is 4.94. The lowest BCUT2D eigenvalue weighted by Crippen LogP contribution is -2.05. The summed E-state index contributed by atoms with van der Waals surface area (Å²) >= 11 is 1.37. The van der Waals surface area contributed by atoms with E-state index in [4.69, 9.17) is 5.73 Å². The normalized spacial score (nSPS) is 12.5. The van der Waals surface area contributed by atoms with Gasteiger partial charge in [0, 0.05) is 5.92 Å². The number of aromatic nitrogens is 1. The molecule has 1 rings (SSSR count). The van der Waals surface area contributed by atoms with E-state index in [-0.39, 0.29) is 5.69 Å². The topological polar surface area (TPSA) is 65.2 Å². The van der Waals surface area contributed by atoms with Crippen LogP contribution in [0.3, 0.4) is 0 Å². The molecular formula is C10H16N2O2S. The summed E-state index contributed by atoms with van der Waals surface area (Å²) in [4.78, 5) is 15.5. The summed E-state index contributed by atoms with van der Waals surface area (Å²) in [7, 11) is 1.33. The zero-order valence-electron chi connectivity index (χ0n) is 9.24. The number of methoxy groups -OCH3 is 1. The summed E-state index contributed by atoms with van der Waals surface area (Å²) < 4.78 is 4.60. The van der Waals surface area contributed by atoms with E-state index in [2.05, 4.69) is 23.6 Å². The second-order valence-corrected chi connectivity index (χ2v) is 4.51. The van der Waals surface area contributed by atoms with Crippen molar-refractivity contribution in [3.63, 3.8) is 0 Å². The summed E-state index contributed by atoms with van der Waals surface area (Å²) in [6, 6.07) is 0. The molecule has 15 heavy (non-hydrogen) atoms. The Morgan fingerprint density at radius 1 is 1.67 bits per heavy atom. The second kappa shape index (κ2) is 5.11. The number of carbonyl (C=O) groups excluding carboxylic acids is 1. The third-order valence-corrected chi connectivity index (χ3v) is 3.31. The Morgan fingerprint density at radius 2 is 2.33 bits per heavy atom. The summed E-state index contributed by atoms with van der Waals surface area (Å²) in [6.07, 6.45) is 2.14. The first-order chi connectivity index (χ1) is 7.10. The third kappa shape index (κ3) is 2.68. The van der Waals surface area contributed by atoms with E-state index in [9.17, 15) is 4.79 Å². The zero-order chi connectivity index (χ0) is 11.4. The van der Waals surface area contributed by atoms with Gasteiger partial charge >= 0.3 is 5.97 Å². The quantitative estimate of drug-likeness (QED) is 0.804. The molecule has 0 saturated carbocycles. The molecule has 5 heteroatoms. The Hall–Kier alpha value is -1.10. The maximum Gasteiger partial charge on any atom is 0.359 e. The Bertz CT molecular complexity index is 349. The van der Waals surface area contributed by atoms with Crippen molar-refractivity contribution in [1.82, 2.24) is 4.98 Å². The number of nitrogens with two attached hydrogens (primary N) is 1. The van der Waals surface area contributed by atoms with Crippen LogP contribution in [0.4, 0.5) is 5.00 Å². The number of nitrogen functional groups attached to an aromatic ring is 1. The highest BCUT2D eigenvalue weighted by Gasteiger charge is 2.19. The van der Waals surface area contributed by atoms with E-state index in [0.717, 1.165) is 17.8 Å². The van der Waals surface area contributed by atoms with Crippen LogP contribution in [0.15, 0.2) is 0 Å². The fraction of sp³-hybridized carbons (Fsp3) is 0.600. The van der Waals surface area contributed by atoms with E-state index in [1.807, 2.05) is 0 Å². The standard InChI is InChI=1S/C10H16N2O2S/c1-4-5-6(2)9-12-7(8(11)15-9)10(13)14-3/h6H,4-5,11H2,1-3H3. The van der Waals surface area contributed by atoms with Crippen molar-refractivity contribution in [3.8, 4) is 0 Å². The van der Waals surface area contributed by atoms with Crippen LogP contribution in [-0.4, -0.2) is 18.1 Å². The first kappa shape index (κ1) is 12.0. The van der Waals surface area contributed by atoms with E-state index in [0.29, 0.717) is 10.9 Å². The zero-order valence-corrected chi connectivity index (χ0v) is 10.1. The summed E-state index contributed by atoms with van der Waals surface area (Å²) in [5.41, 5.74) is 5.96. The smallest absolute Gasteiger partial charge is 0.359 e. The number of carbonyl (C=O) groups is 1. The van der Waals surface area contributed by atoms with Gasteiger partial charge in [0.2, 0.25) is 0 Å². The van der Waals surface area contributed by atoms with Gasteiger partial charge in [-0.1, -0.05) is 20.3 Å². The fourth-order valence-corrected chi connectivity index (χ4v) is 2.27. The Balaban J connectivity index is 2.90.